The number of carboxylic acid groups (broad SMARTS) is 2. The quantitative estimate of drug-likeness (QED) is 0.159. The number of benzene rings is 1. The molecule has 0 spiro atoms. The molecule has 0 saturated carbocycles. The molecule has 0 aliphatic carbocycles. The van der Waals surface area contributed by atoms with Crippen LogP contribution in [0.5, 0.6) is 5.88 Å². The summed E-state index contributed by atoms with van der Waals surface area (Å²) in [6.45, 7) is 0.0386. The standard InChI is InChI=1S/C16H14N4O4.C9H10N4O4/c17-14-12-13(19-20(14)7-6-11(21)22)10(15(23)18-16(12)24)8-9-4-2-1-3-5-9;10-8-7-4(3-5(14)11-9(7)17)12-13(8)2-1-6(15)16/h1-5,8,17,24H,6-7H2,(H,18,23)(H,21,22);1-3,10H2,(H,15,16)(H,11,14,17)/b10-8+,17-14?;. The summed E-state index contributed by atoms with van der Waals surface area (Å²) < 4.78 is 1.23. The molecule has 5 rings (SSSR count). The summed E-state index contributed by atoms with van der Waals surface area (Å²) in [7, 11) is 0. The predicted octanol–water partition coefficient (Wildman–Crippen LogP) is -1.69. The number of pyridine rings is 1. The van der Waals surface area contributed by atoms with Gasteiger partial charge in [0.1, 0.15) is 22.3 Å². The van der Waals surface area contributed by atoms with E-state index in [1.54, 1.807) is 18.2 Å². The van der Waals surface area contributed by atoms with Crippen LogP contribution in [0.1, 0.15) is 40.0 Å². The van der Waals surface area contributed by atoms with Crippen molar-refractivity contribution in [2.75, 3.05) is 12.3 Å². The van der Waals surface area contributed by atoms with Gasteiger partial charge in [0, 0.05) is 0 Å². The summed E-state index contributed by atoms with van der Waals surface area (Å²) in [5.74, 6) is -3.55. The maximum absolute atomic E-state index is 12.2. The molecule has 2 aromatic heterocycles. The molecule has 0 unspecified atom stereocenters. The highest BCUT2D eigenvalue weighted by atomic mass is 16.4. The first-order valence-electron chi connectivity index (χ1n) is 12.1. The number of aromatic amines is 1. The fraction of sp³-hybridized carbons (Fsp3) is 0.200. The fourth-order valence-corrected chi connectivity index (χ4v) is 4.09. The minimum Gasteiger partial charge on any atom is -0.494 e. The van der Waals surface area contributed by atoms with E-state index in [0.29, 0.717) is 5.69 Å². The van der Waals surface area contributed by atoms with Crippen molar-refractivity contribution in [3.05, 3.63) is 73.6 Å². The predicted molar refractivity (Wildman–Crippen MR) is 140 cm³/mol. The number of nitrogens with one attached hydrogen (secondary N) is 3. The van der Waals surface area contributed by atoms with Crippen molar-refractivity contribution in [3.63, 3.8) is 0 Å². The molecule has 8 N–H and O–H groups in total. The van der Waals surface area contributed by atoms with Gasteiger partial charge in [-0.25, -0.2) is 9.69 Å². The van der Waals surface area contributed by atoms with E-state index in [2.05, 4.69) is 20.5 Å². The van der Waals surface area contributed by atoms with Gasteiger partial charge in [-0.3, -0.25) is 39.7 Å². The van der Waals surface area contributed by atoms with Crippen LogP contribution in [0.15, 0.2) is 40.2 Å². The number of aliphatic carboxylic acids is 2. The van der Waals surface area contributed by atoms with E-state index in [-0.39, 0.29) is 65.7 Å². The summed E-state index contributed by atoms with van der Waals surface area (Å²) in [4.78, 5) is 58.2. The molecule has 41 heavy (non-hydrogen) atoms. The van der Waals surface area contributed by atoms with Gasteiger partial charge in [-0.05, 0) is 11.6 Å². The monoisotopic (exact) mass is 564 g/mol. The Labute approximate surface area is 229 Å². The number of anilines is 1. The first-order valence-corrected chi connectivity index (χ1v) is 12.1. The van der Waals surface area contributed by atoms with Crippen molar-refractivity contribution in [3.8, 4) is 5.88 Å². The zero-order valence-corrected chi connectivity index (χ0v) is 21.2. The summed E-state index contributed by atoms with van der Waals surface area (Å²) in [5, 5.41) is 47.1. The molecule has 0 atom stereocenters. The van der Waals surface area contributed by atoms with Gasteiger partial charge in [0.05, 0.1) is 43.3 Å². The molecule has 0 radical (unpaired) electrons. The minimum atomic E-state index is -1.02. The normalized spacial score (nSPS) is 14.0. The van der Waals surface area contributed by atoms with Crippen molar-refractivity contribution in [1.82, 2.24) is 25.1 Å². The van der Waals surface area contributed by atoms with Crippen LogP contribution in [0.4, 0.5) is 5.82 Å². The second kappa shape index (κ2) is 11.5. The Morgan fingerprint density at radius 3 is 2.37 bits per heavy atom. The van der Waals surface area contributed by atoms with Crippen molar-refractivity contribution >= 4 is 41.5 Å². The van der Waals surface area contributed by atoms with Gasteiger partial charge < -0.3 is 21.1 Å². The van der Waals surface area contributed by atoms with E-state index in [9.17, 15) is 29.1 Å². The van der Waals surface area contributed by atoms with Crippen LogP contribution in [0, 0.1) is 5.41 Å². The number of carbonyl (C=O) groups excluding carboxylic acids is 2. The fourth-order valence-electron chi connectivity index (χ4n) is 4.09. The highest BCUT2D eigenvalue weighted by Gasteiger charge is 2.29. The summed E-state index contributed by atoms with van der Waals surface area (Å²) in [6, 6.07) is 9.09. The number of aryl methyl sites for hydroxylation is 1. The zero-order valence-electron chi connectivity index (χ0n) is 21.2. The Hall–Kier alpha value is -5.80. The molecular weight excluding hydrogens is 540 g/mol. The van der Waals surface area contributed by atoms with Gasteiger partial charge in [0.15, 0.2) is 5.84 Å². The Balaban J connectivity index is 0.000000201. The number of fused-ring (bicyclic) bond motifs is 2. The third-order valence-electron chi connectivity index (χ3n) is 5.98. The van der Waals surface area contributed by atoms with Crippen molar-refractivity contribution < 1.29 is 34.5 Å². The Morgan fingerprint density at radius 2 is 1.71 bits per heavy atom. The average Bonchev–Trinajstić information content (AvgIpc) is 3.41. The van der Waals surface area contributed by atoms with Crippen LogP contribution < -0.4 is 27.2 Å². The lowest BCUT2D eigenvalue weighted by Crippen LogP contribution is -2.42. The summed E-state index contributed by atoms with van der Waals surface area (Å²) in [5.41, 5.74) is 6.45. The molecule has 2 aliphatic rings. The maximum atomic E-state index is 12.2. The number of aromatic hydroxyl groups is 1. The van der Waals surface area contributed by atoms with Crippen LogP contribution >= 0.6 is 0 Å². The van der Waals surface area contributed by atoms with Gasteiger partial charge in [-0.2, -0.15) is 10.2 Å². The van der Waals surface area contributed by atoms with E-state index in [4.69, 9.17) is 21.4 Å². The number of nitrogens with zero attached hydrogens (tertiary/aromatic N) is 4. The van der Waals surface area contributed by atoms with Crippen LogP contribution in [0.2, 0.25) is 0 Å². The van der Waals surface area contributed by atoms with Crippen LogP contribution in [-0.2, 0) is 27.3 Å². The van der Waals surface area contributed by atoms with E-state index < -0.39 is 35.2 Å². The largest absolute Gasteiger partial charge is 0.494 e. The van der Waals surface area contributed by atoms with Gasteiger partial charge in [-0.15, -0.1) is 0 Å². The second-order valence-electron chi connectivity index (χ2n) is 8.84. The third kappa shape index (κ3) is 6.11. The van der Waals surface area contributed by atoms with Gasteiger partial charge in [-0.1, -0.05) is 30.3 Å². The highest BCUT2D eigenvalue weighted by Crippen LogP contribution is 2.20. The third-order valence-corrected chi connectivity index (χ3v) is 5.98. The molecule has 4 heterocycles. The number of nitrogen functional groups attached to an aromatic ring is 1. The summed E-state index contributed by atoms with van der Waals surface area (Å²) in [6.07, 6.45) is 1.21. The molecule has 2 aliphatic heterocycles. The van der Waals surface area contributed by atoms with E-state index in [1.807, 2.05) is 18.2 Å². The maximum Gasteiger partial charge on any atom is 0.305 e. The van der Waals surface area contributed by atoms with Gasteiger partial charge in [0.25, 0.3) is 11.5 Å². The first kappa shape index (κ1) is 28.2. The van der Waals surface area contributed by atoms with Crippen molar-refractivity contribution in [1.29, 1.82) is 5.41 Å². The molecule has 16 nitrogen and oxygen atoms in total. The minimum absolute atomic E-state index is 0.0225. The number of imide groups is 1. The van der Waals surface area contributed by atoms with Gasteiger partial charge in [0.2, 0.25) is 11.8 Å². The molecule has 0 bridgehead atoms. The van der Waals surface area contributed by atoms with Crippen molar-refractivity contribution in [2.45, 2.75) is 25.8 Å². The molecule has 212 valence electrons. The number of hydrogen-bond acceptors (Lipinski definition) is 10. The number of hydrogen-bond donors (Lipinski definition) is 7. The molecule has 0 fully saturated rings. The summed E-state index contributed by atoms with van der Waals surface area (Å²) >= 11 is 0. The number of carboxylic acids is 2. The Morgan fingerprint density at radius 1 is 1.05 bits per heavy atom. The lowest BCUT2D eigenvalue weighted by atomic mass is 10.1. The number of amidine groups is 1. The average molecular weight is 565 g/mol. The second-order valence-corrected chi connectivity index (χ2v) is 8.84. The molecular formula is C25H24N8O8. The first-order chi connectivity index (χ1) is 19.5. The molecule has 16 heteroatoms. The van der Waals surface area contributed by atoms with E-state index in [1.165, 1.54) is 4.68 Å². The lowest BCUT2D eigenvalue weighted by molar-refractivity contribution is -0.138. The molecule has 2 amide bonds. The molecule has 0 saturated heterocycles. The van der Waals surface area contributed by atoms with Crippen LogP contribution in [-0.4, -0.2) is 71.2 Å². The van der Waals surface area contributed by atoms with Crippen molar-refractivity contribution in [2.24, 2.45) is 5.10 Å². The van der Waals surface area contributed by atoms with E-state index in [0.717, 1.165) is 10.6 Å². The smallest absolute Gasteiger partial charge is 0.305 e. The lowest BCUT2D eigenvalue weighted by Gasteiger charge is -2.12. The number of aromatic nitrogens is 3. The van der Waals surface area contributed by atoms with Crippen LogP contribution in [0.25, 0.3) is 6.08 Å². The van der Waals surface area contributed by atoms with Gasteiger partial charge >= 0.3 is 11.9 Å². The SMILES string of the molecule is N=C1c2c(O)[nH]c(=O)/c(=C/c3ccccc3)c2=NN1CCC(=O)O.Nc1c2c(nn1CCC(=O)O)CC(=O)NC2=O. The number of nitrogens with two attached hydrogens (primary N) is 1. The number of amides is 2. The molecule has 1 aromatic carbocycles. The Bertz CT molecular complexity index is 1760. The zero-order chi connectivity index (χ0) is 29.8. The topological polar surface area (TPSA) is 257 Å². The van der Waals surface area contributed by atoms with Crippen LogP contribution in [0.3, 0.4) is 0 Å². The van der Waals surface area contributed by atoms with E-state index >= 15 is 0 Å². The highest BCUT2D eigenvalue weighted by molar-refractivity contribution is 6.11. The Kier molecular flexibility index (Phi) is 7.93. The number of rotatable bonds is 7. The number of carbonyl (C=O) groups is 4. The number of H-pyrrole nitrogens is 1. The molecule has 3 aromatic rings.